The number of ether oxygens (including phenoxy) is 1. The fourth-order valence-electron chi connectivity index (χ4n) is 2.55. The van der Waals surface area contributed by atoms with Gasteiger partial charge >= 0.3 is 0 Å². The molecule has 1 unspecified atom stereocenters. The zero-order valence-electron chi connectivity index (χ0n) is 13.7. The van der Waals surface area contributed by atoms with Gasteiger partial charge in [0.25, 0.3) is 0 Å². The third kappa shape index (κ3) is 8.45. The third-order valence-corrected chi connectivity index (χ3v) is 4.14. The highest BCUT2D eigenvalue weighted by molar-refractivity contribution is 6.31. The Labute approximate surface area is 135 Å². The van der Waals surface area contributed by atoms with Crippen LogP contribution in [-0.4, -0.2) is 26.8 Å². The standard InChI is InChI=1S/C18H30ClNO/c1-15(2)7-6-8-16(14-20-11-12-21-3)13-17-9-4-5-10-18(17)19/h4-5,9-10,15-16,20H,6-8,11-14H2,1-3H3. The molecular weight excluding hydrogens is 282 g/mol. The highest BCUT2D eigenvalue weighted by Crippen LogP contribution is 2.22. The molecule has 1 aromatic rings. The van der Waals surface area contributed by atoms with Crippen molar-refractivity contribution in [2.45, 2.75) is 39.5 Å². The molecule has 0 aromatic heterocycles. The molecule has 1 rings (SSSR count). The minimum atomic E-state index is 0.639. The number of rotatable bonds is 11. The first-order valence-electron chi connectivity index (χ1n) is 8.06. The molecule has 0 saturated heterocycles. The zero-order chi connectivity index (χ0) is 15.5. The van der Waals surface area contributed by atoms with E-state index in [9.17, 15) is 0 Å². The fourth-order valence-corrected chi connectivity index (χ4v) is 2.76. The van der Waals surface area contributed by atoms with E-state index in [1.807, 2.05) is 12.1 Å². The Morgan fingerprint density at radius 2 is 1.95 bits per heavy atom. The van der Waals surface area contributed by atoms with Gasteiger partial charge in [0.2, 0.25) is 0 Å². The van der Waals surface area contributed by atoms with Gasteiger partial charge in [-0.2, -0.15) is 0 Å². The molecule has 21 heavy (non-hydrogen) atoms. The maximum Gasteiger partial charge on any atom is 0.0587 e. The Morgan fingerprint density at radius 3 is 2.62 bits per heavy atom. The molecule has 0 amide bonds. The van der Waals surface area contributed by atoms with Gasteiger partial charge in [0.1, 0.15) is 0 Å². The van der Waals surface area contributed by atoms with Gasteiger partial charge in [0.15, 0.2) is 0 Å². The first kappa shape index (κ1) is 18.5. The Balaban J connectivity index is 2.47. The molecule has 0 heterocycles. The van der Waals surface area contributed by atoms with Gasteiger partial charge < -0.3 is 10.1 Å². The average Bonchev–Trinajstić information content (AvgIpc) is 2.45. The summed E-state index contributed by atoms with van der Waals surface area (Å²) in [5.74, 6) is 1.42. The number of halogens is 1. The van der Waals surface area contributed by atoms with Crippen LogP contribution in [0.3, 0.4) is 0 Å². The van der Waals surface area contributed by atoms with E-state index in [1.165, 1.54) is 24.8 Å². The second kappa shape index (κ2) is 11.1. The topological polar surface area (TPSA) is 21.3 Å². The highest BCUT2D eigenvalue weighted by Gasteiger charge is 2.12. The Bertz CT molecular complexity index is 381. The number of benzene rings is 1. The van der Waals surface area contributed by atoms with Crippen molar-refractivity contribution in [1.29, 1.82) is 0 Å². The molecule has 0 radical (unpaired) electrons. The van der Waals surface area contributed by atoms with E-state index in [0.717, 1.165) is 37.1 Å². The molecule has 0 fully saturated rings. The minimum Gasteiger partial charge on any atom is -0.383 e. The van der Waals surface area contributed by atoms with Crippen LogP contribution in [0.1, 0.15) is 38.7 Å². The lowest BCUT2D eigenvalue weighted by atomic mass is 9.92. The number of nitrogens with one attached hydrogen (secondary N) is 1. The maximum atomic E-state index is 6.30. The van der Waals surface area contributed by atoms with Gasteiger partial charge in [-0.15, -0.1) is 0 Å². The summed E-state index contributed by atoms with van der Waals surface area (Å²) < 4.78 is 5.09. The van der Waals surface area contributed by atoms with E-state index in [1.54, 1.807) is 7.11 Å². The van der Waals surface area contributed by atoms with E-state index < -0.39 is 0 Å². The Morgan fingerprint density at radius 1 is 1.19 bits per heavy atom. The fraction of sp³-hybridized carbons (Fsp3) is 0.667. The molecule has 1 atom stereocenters. The van der Waals surface area contributed by atoms with Crippen LogP contribution in [0.5, 0.6) is 0 Å². The van der Waals surface area contributed by atoms with Crippen LogP contribution < -0.4 is 5.32 Å². The van der Waals surface area contributed by atoms with Crippen molar-refractivity contribution in [3.8, 4) is 0 Å². The molecule has 0 saturated carbocycles. The van der Waals surface area contributed by atoms with E-state index in [4.69, 9.17) is 16.3 Å². The predicted molar refractivity (Wildman–Crippen MR) is 92.1 cm³/mol. The zero-order valence-corrected chi connectivity index (χ0v) is 14.5. The van der Waals surface area contributed by atoms with Gasteiger partial charge in [0.05, 0.1) is 6.61 Å². The van der Waals surface area contributed by atoms with Crippen LogP contribution in [0.15, 0.2) is 24.3 Å². The molecule has 0 aliphatic heterocycles. The van der Waals surface area contributed by atoms with Gasteiger partial charge in [-0.1, -0.05) is 56.5 Å². The van der Waals surface area contributed by atoms with Crippen molar-refractivity contribution in [2.24, 2.45) is 11.8 Å². The lowest BCUT2D eigenvalue weighted by Gasteiger charge is -2.19. The minimum absolute atomic E-state index is 0.639. The summed E-state index contributed by atoms with van der Waals surface area (Å²) >= 11 is 6.30. The van der Waals surface area contributed by atoms with Crippen molar-refractivity contribution in [2.75, 3.05) is 26.8 Å². The molecule has 0 aliphatic carbocycles. The molecule has 3 heteroatoms. The molecule has 120 valence electrons. The Hall–Kier alpha value is -0.570. The van der Waals surface area contributed by atoms with Crippen LogP contribution >= 0.6 is 11.6 Å². The van der Waals surface area contributed by atoms with Gasteiger partial charge in [-0.05, 0) is 42.9 Å². The normalized spacial score (nSPS) is 12.8. The van der Waals surface area contributed by atoms with Gasteiger partial charge in [-0.3, -0.25) is 0 Å². The van der Waals surface area contributed by atoms with Crippen LogP contribution in [0.4, 0.5) is 0 Å². The number of methoxy groups -OCH3 is 1. The quantitative estimate of drug-likeness (QED) is 0.605. The molecule has 2 nitrogen and oxygen atoms in total. The summed E-state index contributed by atoms with van der Waals surface area (Å²) in [7, 11) is 1.74. The van der Waals surface area contributed by atoms with Crippen molar-refractivity contribution in [1.82, 2.24) is 5.32 Å². The monoisotopic (exact) mass is 311 g/mol. The van der Waals surface area contributed by atoms with Crippen molar-refractivity contribution in [3.63, 3.8) is 0 Å². The lowest BCUT2D eigenvalue weighted by molar-refractivity contribution is 0.197. The molecule has 1 N–H and O–H groups in total. The predicted octanol–water partition coefficient (Wildman–Crippen LogP) is 4.56. The SMILES string of the molecule is COCCNCC(CCCC(C)C)Cc1ccccc1Cl. The van der Waals surface area contributed by atoms with Crippen LogP contribution in [0, 0.1) is 11.8 Å². The largest absolute Gasteiger partial charge is 0.383 e. The molecule has 1 aromatic carbocycles. The first-order chi connectivity index (χ1) is 10.1. The molecule has 0 bridgehead atoms. The van der Waals surface area contributed by atoms with Gasteiger partial charge in [0, 0.05) is 18.7 Å². The van der Waals surface area contributed by atoms with Crippen LogP contribution in [0.2, 0.25) is 5.02 Å². The summed E-state index contributed by atoms with van der Waals surface area (Å²) in [6.45, 7) is 7.30. The summed E-state index contributed by atoms with van der Waals surface area (Å²) in [5, 5.41) is 4.39. The summed E-state index contributed by atoms with van der Waals surface area (Å²) in [4.78, 5) is 0. The highest BCUT2D eigenvalue weighted by atomic mass is 35.5. The summed E-state index contributed by atoms with van der Waals surface area (Å²) in [5.41, 5.74) is 1.27. The van der Waals surface area contributed by atoms with E-state index in [-0.39, 0.29) is 0 Å². The van der Waals surface area contributed by atoms with Crippen molar-refractivity contribution < 1.29 is 4.74 Å². The molecule has 0 aliphatic rings. The summed E-state index contributed by atoms with van der Waals surface area (Å²) in [6, 6.07) is 8.20. The third-order valence-electron chi connectivity index (χ3n) is 3.78. The average molecular weight is 312 g/mol. The molecular formula is C18H30ClNO. The molecule has 0 spiro atoms. The smallest absolute Gasteiger partial charge is 0.0587 e. The second-order valence-corrected chi connectivity index (χ2v) is 6.59. The number of hydrogen-bond donors (Lipinski definition) is 1. The van der Waals surface area contributed by atoms with E-state index in [2.05, 4.69) is 31.3 Å². The van der Waals surface area contributed by atoms with Crippen LogP contribution in [-0.2, 0) is 11.2 Å². The van der Waals surface area contributed by atoms with E-state index >= 15 is 0 Å². The van der Waals surface area contributed by atoms with E-state index in [0.29, 0.717) is 5.92 Å². The summed E-state index contributed by atoms with van der Waals surface area (Å²) in [6.07, 6.45) is 4.90. The van der Waals surface area contributed by atoms with Gasteiger partial charge in [-0.25, -0.2) is 0 Å². The first-order valence-corrected chi connectivity index (χ1v) is 8.44. The number of hydrogen-bond acceptors (Lipinski definition) is 2. The van der Waals surface area contributed by atoms with Crippen LogP contribution in [0.25, 0.3) is 0 Å². The van der Waals surface area contributed by atoms with Crippen molar-refractivity contribution >= 4 is 11.6 Å². The lowest BCUT2D eigenvalue weighted by Crippen LogP contribution is -2.27. The second-order valence-electron chi connectivity index (χ2n) is 6.18. The van der Waals surface area contributed by atoms with Crippen molar-refractivity contribution in [3.05, 3.63) is 34.9 Å². The maximum absolute atomic E-state index is 6.30. The Kier molecular flexibility index (Phi) is 9.73.